The molecule has 0 amide bonds. The highest BCUT2D eigenvalue weighted by Crippen LogP contribution is 2.30. The molecule has 0 spiro atoms. The fraction of sp³-hybridized carbons (Fsp3) is 0.250. The van der Waals surface area contributed by atoms with E-state index in [0.29, 0.717) is 30.3 Å². The topological polar surface area (TPSA) is 70.6 Å². The van der Waals surface area contributed by atoms with E-state index in [0.717, 1.165) is 29.8 Å². The Morgan fingerprint density at radius 1 is 1.08 bits per heavy atom. The summed E-state index contributed by atoms with van der Waals surface area (Å²) in [5.41, 5.74) is 2.53. The van der Waals surface area contributed by atoms with Gasteiger partial charge in [0, 0.05) is 36.3 Å². The van der Waals surface area contributed by atoms with Crippen molar-refractivity contribution in [3.8, 4) is 11.3 Å². The SMILES string of the molecule is FC(F)(F)c1ccc(-c2cnnc(N3CCc4[nH]ncc4C3)n2)cc1. The van der Waals surface area contributed by atoms with Crippen molar-refractivity contribution < 1.29 is 13.2 Å². The van der Waals surface area contributed by atoms with E-state index in [-0.39, 0.29) is 0 Å². The summed E-state index contributed by atoms with van der Waals surface area (Å²) < 4.78 is 38.0. The molecule has 0 saturated carbocycles. The number of rotatable bonds is 2. The number of hydrogen-bond donors (Lipinski definition) is 1. The zero-order valence-electron chi connectivity index (χ0n) is 13.0. The Kier molecular flexibility index (Phi) is 3.63. The highest BCUT2D eigenvalue weighted by atomic mass is 19.4. The third kappa shape index (κ3) is 3.04. The minimum atomic E-state index is -4.36. The molecule has 0 saturated heterocycles. The van der Waals surface area contributed by atoms with Crippen LogP contribution in [0.3, 0.4) is 0 Å². The molecule has 3 heterocycles. The van der Waals surface area contributed by atoms with Gasteiger partial charge in [0.1, 0.15) is 0 Å². The molecule has 1 aromatic carbocycles. The fourth-order valence-corrected chi connectivity index (χ4v) is 2.79. The van der Waals surface area contributed by atoms with Crippen molar-refractivity contribution in [1.29, 1.82) is 0 Å². The molecule has 0 radical (unpaired) electrons. The van der Waals surface area contributed by atoms with Gasteiger partial charge in [0.2, 0.25) is 5.95 Å². The van der Waals surface area contributed by atoms with Crippen LogP contribution in [0.5, 0.6) is 0 Å². The van der Waals surface area contributed by atoms with Gasteiger partial charge in [-0.2, -0.15) is 23.4 Å². The highest BCUT2D eigenvalue weighted by molar-refractivity contribution is 5.59. The molecule has 128 valence electrons. The lowest BCUT2D eigenvalue weighted by Crippen LogP contribution is -2.31. The molecule has 1 N–H and O–H groups in total. The molecule has 0 unspecified atom stereocenters. The van der Waals surface area contributed by atoms with Crippen LogP contribution in [-0.4, -0.2) is 31.9 Å². The number of anilines is 1. The Morgan fingerprint density at radius 3 is 2.64 bits per heavy atom. The van der Waals surface area contributed by atoms with E-state index in [1.54, 1.807) is 6.20 Å². The second kappa shape index (κ2) is 5.83. The number of halogens is 3. The number of fused-ring (bicyclic) bond motifs is 1. The smallest absolute Gasteiger partial charge is 0.335 e. The molecule has 25 heavy (non-hydrogen) atoms. The van der Waals surface area contributed by atoms with Crippen LogP contribution in [0.15, 0.2) is 36.7 Å². The monoisotopic (exact) mass is 346 g/mol. The molecule has 9 heteroatoms. The zero-order chi connectivity index (χ0) is 17.4. The lowest BCUT2D eigenvalue weighted by molar-refractivity contribution is -0.137. The number of nitrogens with zero attached hydrogens (tertiary/aromatic N) is 5. The van der Waals surface area contributed by atoms with E-state index >= 15 is 0 Å². The number of aromatic nitrogens is 5. The van der Waals surface area contributed by atoms with Crippen molar-refractivity contribution in [3.63, 3.8) is 0 Å². The molecule has 0 fully saturated rings. The molecule has 1 aliphatic heterocycles. The first-order valence-electron chi connectivity index (χ1n) is 7.64. The van der Waals surface area contributed by atoms with Crippen LogP contribution in [0.4, 0.5) is 19.1 Å². The molecule has 0 atom stereocenters. The van der Waals surface area contributed by atoms with E-state index in [9.17, 15) is 13.2 Å². The van der Waals surface area contributed by atoms with Crippen molar-refractivity contribution in [2.45, 2.75) is 19.1 Å². The summed E-state index contributed by atoms with van der Waals surface area (Å²) in [6.07, 6.45) is -0.346. The Labute approximate surface area is 140 Å². The Bertz CT molecular complexity index is 887. The minimum Gasteiger partial charge on any atom is -0.335 e. The van der Waals surface area contributed by atoms with Gasteiger partial charge < -0.3 is 4.90 Å². The Morgan fingerprint density at radius 2 is 1.88 bits per heavy atom. The first-order valence-corrected chi connectivity index (χ1v) is 7.64. The second-order valence-electron chi connectivity index (χ2n) is 5.76. The molecular weight excluding hydrogens is 333 g/mol. The maximum Gasteiger partial charge on any atom is 0.416 e. The average Bonchev–Trinajstić information content (AvgIpc) is 3.09. The molecule has 6 nitrogen and oxygen atoms in total. The summed E-state index contributed by atoms with van der Waals surface area (Å²) in [4.78, 5) is 6.43. The summed E-state index contributed by atoms with van der Waals surface area (Å²) in [5.74, 6) is 0.448. The first kappa shape index (κ1) is 15.6. The first-order chi connectivity index (χ1) is 12.0. The predicted molar refractivity (Wildman–Crippen MR) is 83.6 cm³/mol. The van der Waals surface area contributed by atoms with Crippen LogP contribution in [0, 0.1) is 0 Å². The third-order valence-electron chi connectivity index (χ3n) is 4.14. The van der Waals surface area contributed by atoms with Crippen molar-refractivity contribution in [3.05, 3.63) is 53.5 Å². The minimum absolute atomic E-state index is 0.448. The van der Waals surface area contributed by atoms with Gasteiger partial charge >= 0.3 is 6.18 Å². The number of benzene rings is 1. The molecule has 3 aromatic rings. The lowest BCUT2D eigenvalue weighted by atomic mass is 10.1. The zero-order valence-corrected chi connectivity index (χ0v) is 13.0. The highest BCUT2D eigenvalue weighted by Gasteiger charge is 2.30. The Balaban J connectivity index is 1.60. The molecule has 2 aromatic heterocycles. The summed E-state index contributed by atoms with van der Waals surface area (Å²) >= 11 is 0. The predicted octanol–water partition coefficient (Wildman–Crippen LogP) is 2.84. The summed E-state index contributed by atoms with van der Waals surface area (Å²) in [5, 5.41) is 15.0. The fourth-order valence-electron chi connectivity index (χ4n) is 2.79. The van der Waals surface area contributed by atoms with Gasteiger partial charge in [-0.1, -0.05) is 12.1 Å². The van der Waals surface area contributed by atoms with E-state index in [1.807, 2.05) is 4.90 Å². The van der Waals surface area contributed by atoms with Gasteiger partial charge in [-0.15, -0.1) is 5.10 Å². The van der Waals surface area contributed by atoms with Gasteiger partial charge in [-0.3, -0.25) is 5.10 Å². The van der Waals surface area contributed by atoms with Crippen LogP contribution in [0.25, 0.3) is 11.3 Å². The van der Waals surface area contributed by atoms with Gasteiger partial charge in [0.25, 0.3) is 0 Å². The summed E-state index contributed by atoms with van der Waals surface area (Å²) in [7, 11) is 0. The largest absolute Gasteiger partial charge is 0.416 e. The van der Waals surface area contributed by atoms with E-state index in [4.69, 9.17) is 0 Å². The van der Waals surface area contributed by atoms with E-state index in [1.165, 1.54) is 18.3 Å². The standard InChI is InChI=1S/C16H13F3N6/c17-16(18,19)12-3-1-10(2-4-12)14-8-21-24-15(22-14)25-6-5-13-11(9-25)7-20-23-13/h1-4,7-8H,5-6,9H2,(H,20,23). The normalized spacial score (nSPS) is 14.4. The van der Waals surface area contributed by atoms with Crippen LogP contribution in [0.2, 0.25) is 0 Å². The van der Waals surface area contributed by atoms with Gasteiger partial charge in [-0.25, -0.2) is 4.98 Å². The number of H-pyrrole nitrogens is 1. The van der Waals surface area contributed by atoms with Crippen LogP contribution in [0.1, 0.15) is 16.8 Å². The van der Waals surface area contributed by atoms with Crippen molar-refractivity contribution in [2.75, 3.05) is 11.4 Å². The third-order valence-corrected chi connectivity index (χ3v) is 4.14. The molecule has 1 aliphatic rings. The van der Waals surface area contributed by atoms with E-state index in [2.05, 4.69) is 25.4 Å². The van der Waals surface area contributed by atoms with Crippen molar-refractivity contribution >= 4 is 5.95 Å². The van der Waals surface area contributed by atoms with Crippen LogP contribution >= 0.6 is 0 Å². The number of nitrogens with one attached hydrogen (secondary N) is 1. The maximum absolute atomic E-state index is 12.7. The average molecular weight is 346 g/mol. The number of aromatic amines is 1. The molecule has 0 bridgehead atoms. The van der Waals surface area contributed by atoms with Crippen molar-refractivity contribution in [1.82, 2.24) is 25.4 Å². The lowest BCUT2D eigenvalue weighted by Gasteiger charge is -2.26. The molecule has 4 rings (SSSR count). The molecular formula is C16H13F3N6. The summed E-state index contributed by atoms with van der Waals surface area (Å²) in [6.45, 7) is 1.33. The van der Waals surface area contributed by atoms with Gasteiger partial charge in [-0.05, 0) is 12.1 Å². The van der Waals surface area contributed by atoms with E-state index < -0.39 is 11.7 Å². The molecule has 0 aliphatic carbocycles. The van der Waals surface area contributed by atoms with Crippen molar-refractivity contribution in [2.24, 2.45) is 0 Å². The number of hydrogen-bond acceptors (Lipinski definition) is 5. The maximum atomic E-state index is 12.7. The van der Waals surface area contributed by atoms with Crippen LogP contribution in [-0.2, 0) is 19.1 Å². The van der Waals surface area contributed by atoms with Crippen LogP contribution < -0.4 is 4.90 Å². The number of alkyl halides is 3. The quantitative estimate of drug-likeness (QED) is 0.773. The van der Waals surface area contributed by atoms with Gasteiger partial charge in [0.05, 0.1) is 23.7 Å². The Hall–Kier alpha value is -2.97. The summed E-state index contributed by atoms with van der Waals surface area (Å²) in [6, 6.07) is 4.85. The second-order valence-corrected chi connectivity index (χ2v) is 5.76. The van der Waals surface area contributed by atoms with Gasteiger partial charge in [0.15, 0.2) is 0 Å².